The predicted octanol–water partition coefficient (Wildman–Crippen LogP) is 4.41. The Bertz CT molecular complexity index is 1010. The van der Waals surface area contributed by atoms with Crippen LogP contribution in [0.2, 0.25) is 0 Å². The van der Waals surface area contributed by atoms with Gasteiger partial charge in [0.1, 0.15) is 0 Å². The van der Waals surface area contributed by atoms with Crippen LogP contribution >= 0.6 is 15.9 Å². The number of aromatic nitrogens is 3. The Morgan fingerprint density at radius 1 is 1.04 bits per heavy atom. The van der Waals surface area contributed by atoms with Crippen molar-refractivity contribution < 1.29 is 4.79 Å². The lowest BCUT2D eigenvalue weighted by atomic mass is 10.1. The Hall–Kier alpha value is -2.99. The molecule has 122 valence electrons. The summed E-state index contributed by atoms with van der Waals surface area (Å²) in [7, 11) is 0. The van der Waals surface area contributed by atoms with Gasteiger partial charge in [0.15, 0.2) is 0 Å². The number of rotatable bonds is 3. The van der Waals surface area contributed by atoms with E-state index in [2.05, 4.69) is 31.2 Å². The minimum absolute atomic E-state index is 0.141. The Labute approximate surface area is 152 Å². The zero-order valence-corrected chi connectivity index (χ0v) is 14.6. The van der Waals surface area contributed by atoms with Crippen LogP contribution in [0.15, 0.2) is 77.7 Å². The van der Waals surface area contributed by atoms with E-state index >= 15 is 0 Å². The molecule has 1 amide bonds. The van der Waals surface area contributed by atoms with Crippen molar-refractivity contribution in [3.05, 3.63) is 83.2 Å². The maximum Gasteiger partial charge on any atom is 0.255 e. The first kappa shape index (κ1) is 15.5. The van der Waals surface area contributed by atoms with Crippen molar-refractivity contribution >= 4 is 33.3 Å². The van der Waals surface area contributed by atoms with Gasteiger partial charge in [-0.3, -0.25) is 9.20 Å². The molecular weight excluding hydrogens is 380 g/mol. The molecule has 0 atom stereocenters. The molecule has 0 spiro atoms. The van der Waals surface area contributed by atoms with Crippen LogP contribution in [0.25, 0.3) is 17.0 Å². The summed E-state index contributed by atoms with van der Waals surface area (Å²) in [6, 6.07) is 16.7. The summed E-state index contributed by atoms with van der Waals surface area (Å²) in [6.45, 7) is 0. The van der Waals surface area contributed by atoms with Gasteiger partial charge in [-0.25, -0.2) is 9.97 Å². The molecule has 0 saturated carbocycles. The number of nitrogens with one attached hydrogen (secondary N) is 1. The van der Waals surface area contributed by atoms with Crippen LogP contribution in [0.1, 0.15) is 10.4 Å². The molecule has 4 aromatic rings. The molecule has 0 fully saturated rings. The van der Waals surface area contributed by atoms with Crippen LogP contribution in [0.4, 0.5) is 5.69 Å². The van der Waals surface area contributed by atoms with Crippen LogP contribution in [-0.2, 0) is 0 Å². The van der Waals surface area contributed by atoms with Gasteiger partial charge in [-0.05, 0) is 42.5 Å². The number of benzene rings is 2. The van der Waals surface area contributed by atoms with Crippen molar-refractivity contribution in [2.24, 2.45) is 0 Å². The molecule has 4 rings (SSSR count). The summed E-state index contributed by atoms with van der Waals surface area (Å²) in [5.74, 6) is 0.516. The normalized spacial score (nSPS) is 10.8. The number of hydrogen-bond donors (Lipinski definition) is 1. The summed E-state index contributed by atoms with van der Waals surface area (Å²) in [4.78, 5) is 21.0. The Kier molecular flexibility index (Phi) is 4.03. The highest BCUT2D eigenvalue weighted by Gasteiger charge is 2.08. The van der Waals surface area contributed by atoms with E-state index in [1.165, 1.54) is 0 Å². The van der Waals surface area contributed by atoms with Gasteiger partial charge in [0, 0.05) is 39.9 Å². The molecule has 0 saturated heterocycles. The molecule has 0 unspecified atom stereocenters. The molecule has 1 N–H and O–H groups in total. The first-order valence-corrected chi connectivity index (χ1v) is 8.45. The predicted molar refractivity (Wildman–Crippen MR) is 101 cm³/mol. The van der Waals surface area contributed by atoms with E-state index in [-0.39, 0.29) is 5.91 Å². The van der Waals surface area contributed by atoms with Crippen LogP contribution in [-0.4, -0.2) is 20.3 Å². The SMILES string of the molecule is O=C(Nc1ccc(-c2cn3cccnc3n2)cc1)c1ccc(Br)cc1. The fraction of sp³-hybridized carbons (Fsp3) is 0. The van der Waals surface area contributed by atoms with Gasteiger partial charge < -0.3 is 5.32 Å². The van der Waals surface area contributed by atoms with E-state index in [0.717, 1.165) is 21.4 Å². The third-order valence-corrected chi connectivity index (χ3v) is 4.31. The van der Waals surface area contributed by atoms with Crippen molar-refractivity contribution in [2.75, 3.05) is 5.32 Å². The van der Waals surface area contributed by atoms with Crippen molar-refractivity contribution in [1.29, 1.82) is 0 Å². The molecule has 2 aromatic heterocycles. The average Bonchev–Trinajstić information content (AvgIpc) is 3.07. The molecule has 2 heterocycles. The number of carbonyl (C=O) groups excluding carboxylic acids is 1. The summed E-state index contributed by atoms with van der Waals surface area (Å²) in [6.07, 6.45) is 5.55. The van der Waals surface area contributed by atoms with E-state index in [4.69, 9.17) is 0 Å². The first-order valence-electron chi connectivity index (χ1n) is 7.66. The summed E-state index contributed by atoms with van der Waals surface area (Å²) < 4.78 is 2.81. The largest absolute Gasteiger partial charge is 0.322 e. The zero-order chi connectivity index (χ0) is 17.2. The maximum atomic E-state index is 12.2. The van der Waals surface area contributed by atoms with E-state index in [1.54, 1.807) is 18.3 Å². The summed E-state index contributed by atoms with van der Waals surface area (Å²) in [5.41, 5.74) is 3.15. The van der Waals surface area contributed by atoms with Crippen molar-refractivity contribution in [3.8, 4) is 11.3 Å². The standard InChI is InChI=1S/C19H13BrN4O/c20-15-6-2-14(3-7-15)18(25)22-16-8-4-13(5-9-16)17-12-24-11-1-10-21-19(24)23-17/h1-12H,(H,22,25). The number of halogens is 1. The van der Waals surface area contributed by atoms with E-state index < -0.39 is 0 Å². The second-order valence-electron chi connectivity index (χ2n) is 5.49. The Morgan fingerprint density at radius 3 is 2.52 bits per heavy atom. The zero-order valence-electron chi connectivity index (χ0n) is 13.1. The summed E-state index contributed by atoms with van der Waals surface area (Å²) >= 11 is 3.36. The van der Waals surface area contributed by atoms with E-state index in [1.807, 2.05) is 59.3 Å². The van der Waals surface area contributed by atoms with Crippen LogP contribution in [0, 0.1) is 0 Å². The number of hydrogen-bond acceptors (Lipinski definition) is 3. The quantitative estimate of drug-likeness (QED) is 0.561. The lowest BCUT2D eigenvalue weighted by Gasteiger charge is -2.06. The van der Waals surface area contributed by atoms with Crippen LogP contribution in [0.5, 0.6) is 0 Å². The smallest absolute Gasteiger partial charge is 0.255 e. The number of carbonyl (C=O) groups is 1. The summed E-state index contributed by atoms with van der Waals surface area (Å²) in [5, 5.41) is 2.89. The number of imidazole rings is 1. The average molecular weight is 393 g/mol. The van der Waals surface area contributed by atoms with Gasteiger partial charge in [-0.1, -0.05) is 28.1 Å². The van der Waals surface area contributed by atoms with Gasteiger partial charge in [0.05, 0.1) is 5.69 Å². The number of amides is 1. The van der Waals surface area contributed by atoms with E-state index in [9.17, 15) is 4.79 Å². The third-order valence-electron chi connectivity index (χ3n) is 3.78. The van der Waals surface area contributed by atoms with Crippen LogP contribution in [0.3, 0.4) is 0 Å². The van der Waals surface area contributed by atoms with Gasteiger partial charge in [-0.15, -0.1) is 0 Å². The topological polar surface area (TPSA) is 59.3 Å². The number of nitrogens with zero attached hydrogens (tertiary/aromatic N) is 3. The van der Waals surface area contributed by atoms with Gasteiger partial charge >= 0.3 is 0 Å². The monoisotopic (exact) mass is 392 g/mol. The highest BCUT2D eigenvalue weighted by atomic mass is 79.9. The lowest BCUT2D eigenvalue weighted by molar-refractivity contribution is 0.102. The molecule has 5 nitrogen and oxygen atoms in total. The van der Waals surface area contributed by atoms with Gasteiger partial charge in [0.2, 0.25) is 5.78 Å². The molecule has 0 bridgehead atoms. The molecule has 25 heavy (non-hydrogen) atoms. The second-order valence-corrected chi connectivity index (χ2v) is 6.41. The number of anilines is 1. The highest BCUT2D eigenvalue weighted by molar-refractivity contribution is 9.10. The minimum Gasteiger partial charge on any atom is -0.322 e. The lowest BCUT2D eigenvalue weighted by Crippen LogP contribution is -2.11. The highest BCUT2D eigenvalue weighted by Crippen LogP contribution is 2.21. The molecule has 6 heteroatoms. The van der Waals surface area contributed by atoms with Crippen molar-refractivity contribution in [2.45, 2.75) is 0 Å². The second kappa shape index (κ2) is 6.49. The van der Waals surface area contributed by atoms with Gasteiger partial charge in [-0.2, -0.15) is 0 Å². The molecule has 0 aliphatic rings. The van der Waals surface area contributed by atoms with Crippen molar-refractivity contribution in [3.63, 3.8) is 0 Å². The molecule has 0 aliphatic heterocycles. The third kappa shape index (κ3) is 3.29. The molecule has 2 aromatic carbocycles. The van der Waals surface area contributed by atoms with E-state index in [0.29, 0.717) is 11.3 Å². The Balaban J connectivity index is 1.53. The maximum absolute atomic E-state index is 12.2. The minimum atomic E-state index is -0.141. The van der Waals surface area contributed by atoms with Gasteiger partial charge in [0.25, 0.3) is 5.91 Å². The number of fused-ring (bicyclic) bond motifs is 1. The first-order chi connectivity index (χ1) is 12.2. The molecule has 0 aliphatic carbocycles. The molecular formula is C19H13BrN4O. The fourth-order valence-electron chi connectivity index (χ4n) is 2.50. The van der Waals surface area contributed by atoms with Crippen molar-refractivity contribution in [1.82, 2.24) is 14.4 Å². The Morgan fingerprint density at radius 2 is 1.80 bits per heavy atom. The van der Waals surface area contributed by atoms with Crippen LogP contribution < -0.4 is 5.32 Å². The fourth-order valence-corrected chi connectivity index (χ4v) is 2.76. The molecule has 0 radical (unpaired) electrons.